The fourth-order valence-electron chi connectivity index (χ4n) is 1.98. The first-order chi connectivity index (χ1) is 11.1. The number of carbonyl (C=O) groups is 2. The van der Waals surface area contributed by atoms with Gasteiger partial charge in [0.05, 0.1) is 12.5 Å². The number of rotatable bonds is 6. The van der Waals surface area contributed by atoms with Gasteiger partial charge in [-0.15, -0.1) is 0 Å². The van der Waals surface area contributed by atoms with Crippen LogP contribution in [0.3, 0.4) is 0 Å². The molecule has 0 fully saturated rings. The molecule has 23 heavy (non-hydrogen) atoms. The van der Waals surface area contributed by atoms with E-state index in [0.717, 1.165) is 5.56 Å². The van der Waals surface area contributed by atoms with E-state index in [4.69, 9.17) is 21.4 Å². The number of nitrogens with one attached hydrogen (secondary N) is 1. The number of carboxylic acids is 1. The van der Waals surface area contributed by atoms with Crippen molar-refractivity contribution < 1.29 is 19.4 Å². The summed E-state index contributed by atoms with van der Waals surface area (Å²) < 4.78 is 5.10. The van der Waals surface area contributed by atoms with Crippen LogP contribution < -0.4 is 5.32 Å². The number of hydrogen-bond acceptors (Lipinski definition) is 4. The molecule has 6 nitrogen and oxygen atoms in total. The summed E-state index contributed by atoms with van der Waals surface area (Å²) in [5, 5.41) is 11.7. The van der Waals surface area contributed by atoms with E-state index in [9.17, 15) is 9.59 Å². The Bertz CT molecular complexity index is 679. The molecule has 2 N–H and O–H groups in total. The van der Waals surface area contributed by atoms with Gasteiger partial charge in [-0.3, -0.25) is 4.79 Å². The summed E-state index contributed by atoms with van der Waals surface area (Å²) >= 11 is 5.96. The minimum Gasteiger partial charge on any atom is -0.481 e. The first-order valence-electron chi connectivity index (χ1n) is 6.85. The normalized spacial score (nSPS) is 11.5. The van der Waals surface area contributed by atoms with Crippen LogP contribution in [0, 0.1) is 0 Å². The molecule has 0 radical (unpaired) electrons. The number of halogens is 1. The maximum Gasteiger partial charge on any atom is 0.407 e. The van der Waals surface area contributed by atoms with Crippen LogP contribution in [0.5, 0.6) is 0 Å². The van der Waals surface area contributed by atoms with Gasteiger partial charge in [-0.25, -0.2) is 9.78 Å². The highest BCUT2D eigenvalue weighted by atomic mass is 35.5. The molecule has 0 saturated heterocycles. The lowest BCUT2D eigenvalue weighted by molar-refractivity contribution is -0.137. The predicted molar refractivity (Wildman–Crippen MR) is 84.0 cm³/mol. The van der Waals surface area contributed by atoms with Gasteiger partial charge in [0.1, 0.15) is 11.8 Å². The molecule has 0 unspecified atom stereocenters. The number of amides is 1. The molecular formula is C16H15ClN2O4. The Kier molecular flexibility index (Phi) is 5.94. The molecule has 1 aromatic heterocycles. The lowest BCUT2D eigenvalue weighted by Crippen LogP contribution is -2.31. The van der Waals surface area contributed by atoms with Crippen molar-refractivity contribution in [3.63, 3.8) is 0 Å². The van der Waals surface area contributed by atoms with Crippen molar-refractivity contribution in [3.05, 3.63) is 64.9 Å². The molecule has 2 rings (SSSR count). The molecule has 0 saturated carbocycles. The van der Waals surface area contributed by atoms with Gasteiger partial charge in [0.2, 0.25) is 0 Å². The van der Waals surface area contributed by atoms with E-state index in [1.54, 1.807) is 12.1 Å². The van der Waals surface area contributed by atoms with Gasteiger partial charge in [-0.05, 0) is 11.6 Å². The lowest BCUT2D eigenvalue weighted by Gasteiger charge is -2.18. The first kappa shape index (κ1) is 16.8. The summed E-state index contributed by atoms with van der Waals surface area (Å²) in [7, 11) is 0. The van der Waals surface area contributed by atoms with Crippen LogP contribution in [0.4, 0.5) is 4.79 Å². The fourth-order valence-corrected chi connectivity index (χ4v) is 2.23. The largest absolute Gasteiger partial charge is 0.481 e. The van der Waals surface area contributed by atoms with Crippen molar-refractivity contribution in [3.8, 4) is 0 Å². The van der Waals surface area contributed by atoms with Crippen LogP contribution in [0.1, 0.15) is 23.6 Å². The summed E-state index contributed by atoms with van der Waals surface area (Å²) in [6.45, 7) is 0.0905. The zero-order chi connectivity index (χ0) is 16.7. The quantitative estimate of drug-likeness (QED) is 0.792. The Hall–Kier alpha value is -2.60. The highest BCUT2D eigenvalue weighted by molar-refractivity contribution is 6.30. The zero-order valence-electron chi connectivity index (χ0n) is 12.1. The SMILES string of the molecule is O=C(O)C[C@H](NC(=O)OCc1ccccc1)c1cccnc1Cl. The van der Waals surface area contributed by atoms with Crippen molar-refractivity contribution in [1.82, 2.24) is 10.3 Å². The zero-order valence-corrected chi connectivity index (χ0v) is 12.9. The number of ether oxygens (including phenoxy) is 1. The summed E-state index contributed by atoms with van der Waals surface area (Å²) in [6, 6.07) is 11.6. The fraction of sp³-hybridized carbons (Fsp3) is 0.188. The topological polar surface area (TPSA) is 88.5 Å². The van der Waals surface area contributed by atoms with Gasteiger partial charge in [0.15, 0.2) is 0 Å². The Morgan fingerprint density at radius 1 is 1.22 bits per heavy atom. The van der Waals surface area contributed by atoms with E-state index in [2.05, 4.69) is 10.3 Å². The molecular weight excluding hydrogens is 320 g/mol. The molecule has 1 atom stereocenters. The standard InChI is InChI=1S/C16H15ClN2O4/c17-15-12(7-4-8-18-15)13(9-14(20)21)19-16(22)23-10-11-5-2-1-3-6-11/h1-8,13H,9-10H2,(H,19,22)(H,20,21)/t13-/m0/s1. The number of alkyl carbamates (subject to hydrolysis) is 1. The van der Waals surface area contributed by atoms with Gasteiger partial charge in [0.25, 0.3) is 0 Å². The second kappa shape index (κ2) is 8.14. The molecule has 0 spiro atoms. The van der Waals surface area contributed by atoms with Gasteiger partial charge in [0, 0.05) is 11.8 Å². The van der Waals surface area contributed by atoms with E-state index >= 15 is 0 Å². The van der Waals surface area contributed by atoms with E-state index in [1.165, 1.54) is 6.20 Å². The van der Waals surface area contributed by atoms with Crippen LogP contribution in [0.15, 0.2) is 48.7 Å². The Balaban J connectivity index is 2.01. The highest BCUT2D eigenvalue weighted by Crippen LogP contribution is 2.23. The summed E-state index contributed by atoms with van der Waals surface area (Å²) in [4.78, 5) is 26.8. The monoisotopic (exact) mass is 334 g/mol. The van der Waals surface area contributed by atoms with Gasteiger partial charge < -0.3 is 15.2 Å². The maximum atomic E-state index is 11.9. The molecule has 2 aromatic rings. The van der Waals surface area contributed by atoms with Crippen LogP contribution in [-0.2, 0) is 16.1 Å². The minimum absolute atomic E-state index is 0.0905. The van der Waals surface area contributed by atoms with Crippen LogP contribution in [0.25, 0.3) is 0 Å². The number of benzene rings is 1. The third-order valence-corrected chi connectivity index (χ3v) is 3.36. The van der Waals surface area contributed by atoms with Crippen LogP contribution in [0.2, 0.25) is 5.15 Å². The molecule has 0 aliphatic carbocycles. The summed E-state index contributed by atoms with van der Waals surface area (Å²) in [5.41, 5.74) is 1.25. The number of hydrogen-bond donors (Lipinski definition) is 2. The Morgan fingerprint density at radius 3 is 2.61 bits per heavy atom. The molecule has 1 heterocycles. The number of carbonyl (C=O) groups excluding carboxylic acids is 1. The molecule has 1 amide bonds. The molecule has 120 valence electrons. The summed E-state index contributed by atoms with van der Waals surface area (Å²) in [6.07, 6.45) is 0.434. The first-order valence-corrected chi connectivity index (χ1v) is 7.23. The van der Waals surface area contributed by atoms with E-state index < -0.39 is 18.1 Å². The van der Waals surface area contributed by atoms with Crippen molar-refractivity contribution >= 4 is 23.7 Å². The van der Waals surface area contributed by atoms with E-state index in [1.807, 2.05) is 30.3 Å². The predicted octanol–water partition coefficient (Wildman–Crippen LogP) is 3.18. The third kappa shape index (κ3) is 5.27. The second-order valence-electron chi connectivity index (χ2n) is 4.74. The molecule has 0 bridgehead atoms. The van der Waals surface area contributed by atoms with E-state index in [-0.39, 0.29) is 18.2 Å². The van der Waals surface area contributed by atoms with Crippen molar-refractivity contribution in [2.45, 2.75) is 19.1 Å². The van der Waals surface area contributed by atoms with Crippen molar-refractivity contribution in [2.75, 3.05) is 0 Å². The number of nitrogens with zero attached hydrogens (tertiary/aromatic N) is 1. The van der Waals surface area contributed by atoms with Gasteiger partial charge >= 0.3 is 12.1 Å². The maximum absolute atomic E-state index is 11.9. The molecule has 7 heteroatoms. The van der Waals surface area contributed by atoms with E-state index in [0.29, 0.717) is 5.56 Å². The Labute approximate surface area is 138 Å². The lowest BCUT2D eigenvalue weighted by atomic mass is 10.1. The number of aliphatic carboxylic acids is 1. The van der Waals surface area contributed by atoms with Gasteiger partial charge in [-0.2, -0.15) is 0 Å². The summed E-state index contributed by atoms with van der Waals surface area (Å²) in [5.74, 6) is -1.07. The number of aromatic nitrogens is 1. The number of pyridine rings is 1. The van der Waals surface area contributed by atoms with Crippen LogP contribution in [-0.4, -0.2) is 22.2 Å². The smallest absolute Gasteiger partial charge is 0.407 e. The van der Waals surface area contributed by atoms with Gasteiger partial charge in [-0.1, -0.05) is 48.0 Å². The van der Waals surface area contributed by atoms with Crippen molar-refractivity contribution in [2.24, 2.45) is 0 Å². The molecule has 0 aliphatic rings. The molecule has 1 aromatic carbocycles. The average Bonchev–Trinajstić information content (AvgIpc) is 2.53. The third-order valence-electron chi connectivity index (χ3n) is 3.05. The van der Waals surface area contributed by atoms with Crippen molar-refractivity contribution in [1.29, 1.82) is 0 Å². The number of carboxylic acid groups (broad SMARTS) is 1. The second-order valence-corrected chi connectivity index (χ2v) is 5.10. The highest BCUT2D eigenvalue weighted by Gasteiger charge is 2.21. The molecule has 0 aliphatic heterocycles. The Morgan fingerprint density at radius 2 is 1.96 bits per heavy atom. The average molecular weight is 335 g/mol. The van der Waals surface area contributed by atoms with Crippen LogP contribution >= 0.6 is 11.6 Å². The minimum atomic E-state index is -1.07.